The standard InChI is InChI=1S/C12H19NS/c1-10(14-3)9-13-11(2)12-7-5-4-6-8-12/h4-8,10-11,13H,9H2,1-3H3. The second-order valence-electron chi connectivity index (χ2n) is 3.59. The monoisotopic (exact) mass is 209 g/mol. The second kappa shape index (κ2) is 6.10. The Morgan fingerprint density at radius 2 is 1.86 bits per heavy atom. The Bertz CT molecular complexity index is 248. The Kier molecular flexibility index (Phi) is 5.05. The highest BCUT2D eigenvalue weighted by molar-refractivity contribution is 7.99. The summed E-state index contributed by atoms with van der Waals surface area (Å²) in [5, 5.41) is 4.21. The Morgan fingerprint density at radius 1 is 1.21 bits per heavy atom. The summed E-state index contributed by atoms with van der Waals surface area (Å²) >= 11 is 1.90. The SMILES string of the molecule is CSC(C)CNC(C)c1ccccc1. The fourth-order valence-electron chi connectivity index (χ4n) is 1.29. The summed E-state index contributed by atoms with van der Waals surface area (Å²) in [5.41, 5.74) is 1.36. The number of hydrogen-bond acceptors (Lipinski definition) is 2. The molecule has 1 aromatic rings. The Balaban J connectivity index is 2.39. The lowest BCUT2D eigenvalue weighted by Gasteiger charge is -2.16. The maximum absolute atomic E-state index is 3.53. The molecule has 1 rings (SSSR count). The van der Waals surface area contributed by atoms with Crippen LogP contribution >= 0.6 is 11.8 Å². The van der Waals surface area contributed by atoms with E-state index in [9.17, 15) is 0 Å². The minimum absolute atomic E-state index is 0.450. The lowest BCUT2D eigenvalue weighted by Crippen LogP contribution is -2.25. The van der Waals surface area contributed by atoms with Crippen molar-refractivity contribution in [3.05, 3.63) is 35.9 Å². The van der Waals surface area contributed by atoms with Crippen LogP contribution in [0.1, 0.15) is 25.5 Å². The molecule has 2 unspecified atom stereocenters. The molecule has 0 fully saturated rings. The maximum atomic E-state index is 3.53. The van der Waals surface area contributed by atoms with Crippen molar-refractivity contribution in [3.8, 4) is 0 Å². The molecule has 0 saturated carbocycles. The van der Waals surface area contributed by atoms with Gasteiger partial charge in [-0.25, -0.2) is 0 Å². The second-order valence-corrected chi connectivity index (χ2v) is 4.86. The van der Waals surface area contributed by atoms with E-state index in [1.807, 2.05) is 11.8 Å². The Morgan fingerprint density at radius 3 is 2.43 bits per heavy atom. The first-order valence-corrected chi connectivity index (χ1v) is 6.34. The molecule has 0 radical (unpaired) electrons. The van der Waals surface area contributed by atoms with Crippen LogP contribution in [0.25, 0.3) is 0 Å². The highest BCUT2D eigenvalue weighted by Crippen LogP contribution is 2.12. The van der Waals surface area contributed by atoms with E-state index < -0.39 is 0 Å². The van der Waals surface area contributed by atoms with Crippen molar-refractivity contribution < 1.29 is 0 Å². The zero-order valence-corrected chi connectivity index (χ0v) is 9.97. The van der Waals surface area contributed by atoms with Gasteiger partial charge in [-0.05, 0) is 18.7 Å². The molecule has 0 heterocycles. The average molecular weight is 209 g/mol. The maximum Gasteiger partial charge on any atom is 0.0292 e. The van der Waals surface area contributed by atoms with Crippen LogP contribution in [0.4, 0.5) is 0 Å². The van der Waals surface area contributed by atoms with Crippen LogP contribution in [-0.4, -0.2) is 18.1 Å². The summed E-state index contributed by atoms with van der Waals surface area (Å²) in [6, 6.07) is 11.0. The van der Waals surface area contributed by atoms with E-state index in [1.165, 1.54) is 5.56 Å². The van der Waals surface area contributed by atoms with Gasteiger partial charge in [0.25, 0.3) is 0 Å². The van der Waals surface area contributed by atoms with E-state index in [2.05, 4.69) is 55.8 Å². The molecule has 0 bridgehead atoms. The zero-order chi connectivity index (χ0) is 10.4. The van der Waals surface area contributed by atoms with Gasteiger partial charge in [0.1, 0.15) is 0 Å². The number of hydrogen-bond donors (Lipinski definition) is 1. The van der Waals surface area contributed by atoms with Crippen molar-refractivity contribution in [2.45, 2.75) is 25.1 Å². The summed E-state index contributed by atoms with van der Waals surface area (Å²) in [5.74, 6) is 0. The van der Waals surface area contributed by atoms with Crippen LogP contribution in [0.2, 0.25) is 0 Å². The summed E-state index contributed by atoms with van der Waals surface area (Å²) in [6.45, 7) is 5.52. The van der Waals surface area contributed by atoms with Crippen LogP contribution in [0.15, 0.2) is 30.3 Å². The van der Waals surface area contributed by atoms with Crippen LogP contribution in [0, 0.1) is 0 Å². The molecule has 0 spiro atoms. The molecule has 2 atom stereocenters. The largest absolute Gasteiger partial charge is 0.309 e. The first kappa shape index (κ1) is 11.6. The van der Waals surface area contributed by atoms with Crippen LogP contribution in [0.5, 0.6) is 0 Å². The van der Waals surface area contributed by atoms with Gasteiger partial charge in [-0.2, -0.15) is 11.8 Å². The molecule has 0 saturated heterocycles. The van der Waals surface area contributed by atoms with E-state index in [0.717, 1.165) is 6.54 Å². The van der Waals surface area contributed by atoms with Crippen molar-refractivity contribution in [1.82, 2.24) is 5.32 Å². The quantitative estimate of drug-likeness (QED) is 0.800. The third kappa shape index (κ3) is 3.72. The van der Waals surface area contributed by atoms with Crippen molar-refractivity contribution in [2.24, 2.45) is 0 Å². The molecule has 0 aliphatic carbocycles. The molecule has 0 aliphatic heterocycles. The minimum atomic E-state index is 0.450. The lowest BCUT2D eigenvalue weighted by atomic mass is 10.1. The van der Waals surface area contributed by atoms with Crippen LogP contribution < -0.4 is 5.32 Å². The van der Waals surface area contributed by atoms with Gasteiger partial charge < -0.3 is 5.32 Å². The summed E-state index contributed by atoms with van der Waals surface area (Å²) < 4.78 is 0. The van der Waals surface area contributed by atoms with Gasteiger partial charge in [-0.1, -0.05) is 37.3 Å². The number of rotatable bonds is 5. The number of benzene rings is 1. The average Bonchev–Trinajstić information content (AvgIpc) is 2.26. The first-order valence-electron chi connectivity index (χ1n) is 5.05. The molecule has 1 nitrogen and oxygen atoms in total. The molecular formula is C12H19NS. The van der Waals surface area contributed by atoms with E-state index in [4.69, 9.17) is 0 Å². The van der Waals surface area contributed by atoms with Gasteiger partial charge in [0.05, 0.1) is 0 Å². The number of nitrogens with one attached hydrogen (secondary N) is 1. The third-order valence-corrected chi connectivity index (χ3v) is 3.38. The molecule has 0 aromatic heterocycles. The van der Waals surface area contributed by atoms with Gasteiger partial charge in [-0.3, -0.25) is 0 Å². The fraction of sp³-hybridized carbons (Fsp3) is 0.500. The molecular weight excluding hydrogens is 190 g/mol. The third-order valence-electron chi connectivity index (χ3n) is 2.41. The van der Waals surface area contributed by atoms with Gasteiger partial charge >= 0.3 is 0 Å². The van der Waals surface area contributed by atoms with Crippen molar-refractivity contribution in [1.29, 1.82) is 0 Å². The van der Waals surface area contributed by atoms with Gasteiger partial charge in [-0.15, -0.1) is 0 Å². The molecule has 78 valence electrons. The minimum Gasteiger partial charge on any atom is -0.309 e. The molecule has 1 N–H and O–H groups in total. The summed E-state index contributed by atoms with van der Waals surface area (Å²) in [6.07, 6.45) is 2.15. The molecule has 2 heteroatoms. The molecule has 0 aliphatic rings. The Hall–Kier alpha value is -0.470. The Labute approximate surface area is 91.3 Å². The summed E-state index contributed by atoms with van der Waals surface area (Å²) in [4.78, 5) is 0. The van der Waals surface area contributed by atoms with Crippen molar-refractivity contribution in [2.75, 3.05) is 12.8 Å². The van der Waals surface area contributed by atoms with E-state index in [-0.39, 0.29) is 0 Å². The number of thioether (sulfide) groups is 1. The van der Waals surface area contributed by atoms with Gasteiger partial charge in [0.15, 0.2) is 0 Å². The van der Waals surface area contributed by atoms with E-state index in [1.54, 1.807) is 0 Å². The van der Waals surface area contributed by atoms with Gasteiger partial charge in [0.2, 0.25) is 0 Å². The molecule has 14 heavy (non-hydrogen) atoms. The highest BCUT2D eigenvalue weighted by atomic mass is 32.2. The first-order chi connectivity index (χ1) is 6.74. The van der Waals surface area contributed by atoms with Gasteiger partial charge in [0, 0.05) is 17.8 Å². The zero-order valence-electron chi connectivity index (χ0n) is 9.16. The van der Waals surface area contributed by atoms with Crippen LogP contribution in [0.3, 0.4) is 0 Å². The van der Waals surface area contributed by atoms with E-state index in [0.29, 0.717) is 11.3 Å². The highest BCUT2D eigenvalue weighted by Gasteiger charge is 2.05. The fourth-order valence-corrected chi connectivity index (χ4v) is 1.55. The predicted octanol–water partition coefficient (Wildman–Crippen LogP) is 3.09. The summed E-state index contributed by atoms with van der Waals surface area (Å²) in [7, 11) is 0. The predicted molar refractivity (Wildman–Crippen MR) is 65.8 cm³/mol. The topological polar surface area (TPSA) is 12.0 Å². The molecule has 1 aromatic carbocycles. The van der Waals surface area contributed by atoms with Crippen LogP contribution in [-0.2, 0) is 0 Å². The van der Waals surface area contributed by atoms with E-state index >= 15 is 0 Å². The normalized spacial score (nSPS) is 15.1. The van der Waals surface area contributed by atoms with Crippen molar-refractivity contribution in [3.63, 3.8) is 0 Å². The lowest BCUT2D eigenvalue weighted by molar-refractivity contribution is 0.576. The molecule has 0 amide bonds. The van der Waals surface area contributed by atoms with Crippen molar-refractivity contribution >= 4 is 11.8 Å². The smallest absolute Gasteiger partial charge is 0.0292 e.